The highest BCUT2D eigenvalue weighted by atomic mass is 19.1. The number of carbonyl (C=O) groups is 3. The number of aryl methyl sites for hydroxylation is 1. The molecule has 0 radical (unpaired) electrons. The maximum absolute atomic E-state index is 13.1. The van der Waals surface area contributed by atoms with E-state index < -0.39 is 23.3 Å². The van der Waals surface area contributed by atoms with Crippen LogP contribution in [0.1, 0.15) is 38.2 Å². The fourth-order valence-corrected chi connectivity index (χ4v) is 3.74. The van der Waals surface area contributed by atoms with E-state index in [1.54, 1.807) is 6.92 Å². The van der Waals surface area contributed by atoms with Gasteiger partial charge in [-0.1, -0.05) is 19.8 Å². The van der Waals surface area contributed by atoms with Crippen LogP contribution in [0.15, 0.2) is 18.2 Å². The van der Waals surface area contributed by atoms with Gasteiger partial charge in [0.15, 0.2) is 0 Å². The van der Waals surface area contributed by atoms with Crippen LogP contribution in [0.25, 0.3) is 0 Å². The molecule has 2 atom stereocenters. The van der Waals surface area contributed by atoms with Crippen molar-refractivity contribution in [3.05, 3.63) is 29.6 Å². The standard InChI is InChI=1S/C18H22FN3O3/c1-11-9-13(19)6-7-14(11)20-15(23)10-22-16(24)18(21-17(22)25)8-4-3-5-12(18)2/h6-7,9,12H,3-5,8,10H2,1-2H3,(H,20,23)(H,21,25)/t12-,18+/m0/s1. The first-order chi connectivity index (χ1) is 11.8. The molecule has 1 saturated carbocycles. The lowest BCUT2D eigenvalue weighted by Crippen LogP contribution is -2.54. The van der Waals surface area contributed by atoms with E-state index in [-0.39, 0.29) is 18.4 Å². The molecule has 7 heteroatoms. The van der Waals surface area contributed by atoms with Crippen LogP contribution in [0, 0.1) is 18.7 Å². The maximum atomic E-state index is 13.1. The Labute approximate surface area is 145 Å². The Morgan fingerprint density at radius 3 is 2.84 bits per heavy atom. The minimum Gasteiger partial charge on any atom is -0.324 e. The van der Waals surface area contributed by atoms with E-state index in [1.165, 1.54) is 18.2 Å². The Balaban J connectivity index is 1.71. The normalized spacial score (nSPS) is 26.0. The van der Waals surface area contributed by atoms with Gasteiger partial charge in [0.2, 0.25) is 5.91 Å². The number of hydrogen-bond donors (Lipinski definition) is 2. The number of halogens is 1. The lowest BCUT2D eigenvalue weighted by atomic mass is 9.73. The van der Waals surface area contributed by atoms with E-state index in [9.17, 15) is 18.8 Å². The van der Waals surface area contributed by atoms with Crippen LogP contribution < -0.4 is 10.6 Å². The molecule has 1 saturated heterocycles. The highest BCUT2D eigenvalue weighted by Crippen LogP contribution is 2.38. The maximum Gasteiger partial charge on any atom is 0.325 e. The minimum absolute atomic E-state index is 0.0464. The van der Waals surface area contributed by atoms with Gasteiger partial charge in [0.05, 0.1) is 0 Å². The summed E-state index contributed by atoms with van der Waals surface area (Å²) >= 11 is 0. The van der Waals surface area contributed by atoms with Gasteiger partial charge in [0, 0.05) is 5.69 Å². The van der Waals surface area contributed by atoms with Crippen molar-refractivity contribution in [2.75, 3.05) is 11.9 Å². The second-order valence-electron chi connectivity index (χ2n) is 6.95. The first-order valence-electron chi connectivity index (χ1n) is 8.53. The molecule has 134 valence electrons. The van der Waals surface area contributed by atoms with Crippen molar-refractivity contribution < 1.29 is 18.8 Å². The number of nitrogens with one attached hydrogen (secondary N) is 2. The molecule has 6 nitrogen and oxygen atoms in total. The third-order valence-corrected chi connectivity index (χ3v) is 5.27. The van der Waals surface area contributed by atoms with Gasteiger partial charge in [-0.2, -0.15) is 0 Å². The van der Waals surface area contributed by atoms with Crippen LogP contribution in [0.3, 0.4) is 0 Å². The van der Waals surface area contributed by atoms with Crippen LogP contribution in [-0.4, -0.2) is 34.8 Å². The fourth-order valence-electron chi connectivity index (χ4n) is 3.74. The molecule has 0 bridgehead atoms. The molecule has 1 aliphatic carbocycles. The van der Waals surface area contributed by atoms with Gasteiger partial charge in [-0.05, 0) is 49.4 Å². The fraction of sp³-hybridized carbons (Fsp3) is 0.500. The summed E-state index contributed by atoms with van der Waals surface area (Å²) in [6.45, 7) is 3.28. The van der Waals surface area contributed by atoms with Gasteiger partial charge in [-0.25, -0.2) is 9.18 Å². The van der Waals surface area contributed by atoms with E-state index >= 15 is 0 Å². The van der Waals surface area contributed by atoms with Crippen LogP contribution in [0.2, 0.25) is 0 Å². The number of nitrogens with zero attached hydrogens (tertiary/aromatic N) is 1. The zero-order valence-electron chi connectivity index (χ0n) is 14.4. The van der Waals surface area contributed by atoms with E-state index in [2.05, 4.69) is 10.6 Å². The Kier molecular flexibility index (Phi) is 4.49. The molecule has 1 aromatic carbocycles. The molecule has 1 heterocycles. The molecule has 1 aliphatic heterocycles. The predicted molar refractivity (Wildman–Crippen MR) is 90.4 cm³/mol. The molecule has 2 N–H and O–H groups in total. The third kappa shape index (κ3) is 3.10. The first kappa shape index (κ1) is 17.4. The van der Waals surface area contributed by atoms with E-state index in [0.29, 0.717) is 17.7 Å². The SMILES string of the molecule is Cc1cc(F)ccc1NC(=O)CN1C(=O)N[C@@]2(CCCC[C@@H]2C)C1=O. The summed E-state index contributed by atoms with van der Waals surface area (Å²) in [5.74, 6) is -1.16. The van der Waals surface area contributed by atoms with Crippen LogP contribution >= 0.6 is 0 Å². The molecule has 2 aliphatic rings. The van der Waals surface area contributed by atoms with Crippen molar-refractivity contribution in [2.45, 2.75) is 45.1 Å². The van der Waals surface area contributed by atoms with Gasteiger partial charge in [0.1, 0.15) is 17.9 Å². The van der Waals surface area contributed by atoms with Crippen molar-refractivity contribution in [3.8, 4) is 0 Å². The summed E-state index contributed by atoms with van der Waals surface area (Å²) < 4.78 is 13.1. The lowest BCUT2D eigenvalue weighted by molar-refractivity contribution is -0.136. The lowest BCUT2D eigenvalue weighted by Gasteiger charge is -2.36. The Morgan fingerprint density at radius 2 is 2.16 bits per heavy atom. The van der Waals surface area contributed by atoms with Gasteiger partial charge >= 0.3 is 6.03 Å². The summed E-state index contributed by atoms with van der Waals surface area (Å²) in [6.07, 6.45) is 3.40. The van der Waals surface area contributed by atoms with Gasteiger partial charge in [-0.15, -0.1) is 0 Å². The summed E-state index contributed by atoms with van der Waals surface area (Å²) in [4.78, 5) is 38.3. The van der Waals surface area contributed by atoms with Crippen molar-refractivity contribution in [1.29, 1.82) is 0 Å². The van der Waals surface area contributed by atoms with Crippen LogP contribution in [0.4, 0.5) is 14.9 Å². The molecule has 25 heavy (non-hydrogen) atoms. The largest absolute Gasteiger partial charge is 0.325 e. The minimum atomic E-state index is -0.874. The van der Waals surface area contributed by atoms with E-state index in [4.69, 9.17) is 0 Å². The van der Waals surface area contributed by atoms with Gasteiger partial charge in [0.25, 0.3) is 5.91 Å². The molecule has 4 amide bonds. The monoisotopic (exact) mass is 347 g/mol. The average molecular weight is 347 g/mol. The van der Waals surface area contributed by atoms with E-state index in [1.807, 2.05) is 6.92 Å². The van der Waals surface area contributed by atoms with Crippen LogP contribution in [-0.2, 0) is 9.59 Å². The third-order valence-electron chi connectivity index (χ3n) is 5.27. The van der Waals surface area contributed by atoms with Crippen molar-refractivity contribution >= 4 is 23.5 Å². The van der Waals surface area contributed by atoms with Crippen molar-refractivity contribution in [2.24, 2.45) is 5.92 Å². The molecule has 0 aromatic heterocycles. The second-order valence-corrected chi connectivity index (χ2v) is 6.95. The number of rotatable bonds is 3. The van der Waals surface area contributed by atoms with E-state index in [0.717, 1.165) is 24.2 Å². The number of urea groups is 1. The molecule has 3 rings (SSSR count). The molecular formula is C18H22FN3O3. The smallest absolute Gasteiger partial charge is 0.324 e. The molecule has 1 aromatic rings. The number of hydrogen-bond acceptors (Lipinski definition) is 3. The van der Waals surface area contributed by atoms with Crippen molar-refractivity contribution in [1.82, 2.24) is 10.2 Å². The Hall–Kier alpha value is -2.44. The predicted octanol–water partition coefficient (Wildman–Crippen LogP) is 2.57. The molecule has 0 unspecified atom stereocenters. The summed E-state index contributed by atoms with van der Waals surface area (Å²) in [7, 11) is 0. The van der Waals surface area contributed by atoms with Gasteiger partial charge < -0.3 is 10.6 Å². The molecule has 1 spiro atoms. The Bertz CT molecular complexity index is 736. The number of imide groups is 1. The zero-order chi connectivity index (χ0) is 18.2. The summed E-state index contributed by atoms with van der Waals surface area (Å²) in [6, 6.07) is 3.49. The summed E-state index contributed by atoms with van der Waals surface area (Å²) in [5.41, 5.74) is 0.156. The first-order valence-corrected chi connectivity index (χ1v) is 8.53. The van der Waals surface area contributed by atoms with Crippen molar-refractivity contribution in [3.63, 3.8) is 0 Å². The average Bonchev–Trinajstić information content (AvgIpc) is 2.78. The summed E-state index contributed by atoms with van der Waals surface area (Å²) in [5, 5.41) is 5.44. The highest BCUT2D eigenvalue weighted by Gasteiger charge is 2.55. The quantitative estimate of drug-likeness (QED) is 0.825. The van der Waals surface area contributed by atoms with Crippen LogP contribution in [0.5, 0.6) is 0 Å². The number of carbonyl (C=O) groups excluding carboxylic acids is 3. The Morgan fingerprint density at radius 1 is 1.40 bits per heavy atom. The van der Waals surface area contributed by atoms with Gasteiger partial charge in [-0.3, -0.25) is 14.5 Å². The second kappa shape index (κ2) is 6.46. The topological polar surface area (TPSA) is 78.5 Å². The molecule has 2 fully saturated rings. The zero-order valence-corrected chi connectivity index (χ0v) is 14.4. The highest BCUT2D eigenvalue weighted by molar-refractivity contribution is 6.10. The molecular weight excluding hydrogens is 325 g/mol. The number of benzene rings is 1. The number of amides is 4. The number of anilines is 1.